The Morgan fingerprint density at radius 2 is 2.08 bits per heavy atom. The highest BCUT2D eigenvalue weighted by Gasteiger charge is 2.18. The average molecular weight is 369 g/mol. The molecule has 4 rings (SSSR count). The predicted molar refractivity (Wildman–Crippen MR) is 103 cm³/mol. The summed E-state index contributed by atoms with van der Waals surface area (Å²) in [5.41, 5.74) is 2.37. The SMILES string of the molecule is COc1ccc2ccccc2c1CNc1cc2c(cc1Cl)NC(=O)CO2. The third-order valence-electron chi connectivity index (χ3n) is 4.38. The number of hydrogen-bond donors (Lipinski definition) is 2. The number of nitrogens with one attached hydrogen (secondary N) is 2. The van der Waals surface area contributed by atoms with Crippen LogP contribution in [0.25, 0.3) is 10.8 Å². The van der Waals surface area contributed by atoms with E-state index in [9.17, 15) is 4.79 Å². The van der Waals surface area contributed by atoms with Crippen LogP contribution in [0.5, 0.6) is 11.5 Å². The first-order valence-electron chi connectivity index (χ1n) is 8.20. The van der Waals surface area contributed by atoms with Gasteiger partial charge in [0.25, 0.3) is 5.91 Å². The molecule has 26 heavy (non-hydrogen) atoms. The van der Waals surface area contributed by atoms with Gasteiger partial charge in [-0.1, -0.05) is 41.9 Å². The lowest BCUT2D eigenvalue weighted by molar-refractivity contribution is -0.118. The Hall–Kier alpha value is -2.92. The van der Waals surface area contributed by atoms with Gasteiger partial charge in [0.2, 0.25) is 0 Å². The van der Waals surface area contributed by atoms with E-state index in [1.54, 1.807) is 19.2 Å². The van der Waals surface area contributed by atoms with Gasteiger partial charge in [-0.25, -0.2) is 0 Å². The minimum Gasteiger partial charge on any atom is -0.496 e. The van der Waals surface area contributed by atoms with Gasteiger partial charge >= 0.3 is 0 Å². The Balaban J connectivity index is 1.66. The Morgan fingerprint density at radius 1 is 1.23 bits per heavy atom. The van der Waals surface area contributed by atoms with Gasteiger partial charge in [-0.15, -0.1) is 0 Å². The molecule has 0 spiro atoms. The summed E-state index contributed by atoms with van der Waals surface area (Å²) in [5, 5.41) is 8.88. The van der Waals surface area contributed by atoms with Crippen LogP contribution in [0.1, 0.15) is 5.56 Å². The molecule has 2 N–H and O–H groups in total. The van der Waals surface area contributed by atoms with Crippen LogP contribution < -0.4 is 20.1 Å². The highest BCUT2D eigenvalue weighted by Crippen LogP contribution is 2.37. The van der Waals surface area contributed by atoms with Crippen molar-refractivity contribution in [1.29, 1.82) is 0 Å². The predicted octanol–water partition coefficient (Wildman–Crippen LogP) is 4.44. The Morgan fingerprint density at radius 3 is 2.92 bits per heavy atom. The molecule has 1 aliphatic rings. The molecule has 6 heteroatoms. The third kappa shape index (κ3) is 3.02. The van der Waals surface area contributed by atoms with E-state index in [1.807, 2.05) is 24.3 Å². The molecule has 3 aromatic rings. The maximum atomic E-state index is 11.4. The van der Waals surface area contributed by atoms with Gasteiger partial charge in [0.1, 0.15) is 11.5 Å². The summed E-state index contributed by atoms with van der Waals surface area (Å²) in [7, 11) is 1.66. The van der Waals surface area contributed by atoms with E-state index in [0.29, 0.717) is 23.0 Å². The maximum Gasteiger partial charge on any atom is 0.262 e. The quantitative estimate of drug-likeness (QED) is 0.714. The van der Waals surface area contributed by atoms with Crippen molar-refractivity contribution in [2.45, 2.75) is 6.54 Å². The molecular formula is C20H17ClN2O3. The molecule has 1 heterocycles. The zero-order valence-corrected chi connectivity index (χ0v) is 14.9. The number of amides is 1. The molecule has 0 saturated carbocycles. The molecular weight excluding hydrogens is 352 g/mol. The van der Waals surface area contributed by atoms with E-state index in [-0.39, 0.29) is 12.5 Å². The van der Waals surface area contributed by atoms with Crippen LogP contribution in [0.15, 0.2) is 48.5 Å². The molecule has 0 fully saturated rings. The Bertz CT molecular complexity index is 1000. The number of methoxy groups -OCH3 is 1. The van der Waals surface area contributed by atoms with Crippen LogP contribution in [0.2, 0.25) is 5.02 Å². The first-order chi connectivity index (χ1) is 12.7. The molecule has 0 aromatic heterocycles. The summed E-state index contributed by atoms with van der Waals surface area (Å²) < 4.78 is 11.0. The van der Waals surface area contributed by atoms with Gasteiger partial charge in [-0.2, -0.15) is 0 Å². The van der Waals surface area contributed by atoms with Gasteiger partial charge in [0, 0.05) is 18.2 Å². The molecule has 132 valence electrons. The van der Waals surface area contributed by atoms with Gasteiger partial charge in [-0.05, 0) is 22.9 Å². The van der Waals surface area contributed by atoms with Gasteiger partial charge in [-0.3, -0.25) is 4.79 Å². The van der Waals surface area contributed by atoms with Crippen molar-refractivity contribution in [3.63, 3.8) is 0 Å². The molecule has 0 radical (unpaired) electrons. The molecule has 0 aliphatic carbocycles. The fourth-order valence-electron chi connectivity index (χ4n) is 3.11. The molecule has 1 amide bonds. The summed E-state index contributed by atoms with van der Waals surface area (Å²) >= 11 is 6.37. The van der Waals surface area contributed by atoms with E-state index in [1.165, 1.54) is 0 Å². The molecule has 5 nitrogen and oxygen atoms in total. The minimum absolute atomic E-state index is 0.00518. The second-order valence-corrected chi connectivity index (χ2v) is 6.39. The molecule has 1 aliphatic heterocycles. The van der Waals surface area contributed by atoms with Crippen molar-refractivity contribution in [1.82, 2.24) is 0 Å². The van der Waals surface area contributed by atoms with E-state index in [0.717, 1.165) is 27.8 Å². The minimum atomic E-state index is -0.185. The highest BCUT2D eigenvalue weighted by atomic mass is 35.5. The number of rotatable bonds is 4. The van der Waals surface area contributed by atoms with Crippen molar-refractivity contribution in [3.05, 3.63) is 59.1 Å². The fraction of sp³-hybridized carbons (Fsp3) is 0.150. The smallest absolute Gasteiger partial charge is 0.262 e. The number of halogens is 1. The normalized spacial score (nSPS) is 12.9. The molecule has 0 saturated heterocycles. The first kappa shape index (κ1) is 16.5. The van der Waals surface area contributed by atoms with Crippen molar-refractivity contribution in [3.8, 4) is 11.5 Å². The Kier molecular flexibility index (Phi) is 4.31. The molecule has 0 unspecified atom stereocenters. The standard InChI is InChI=1S/C20H17ClN2O3/c1-25-18-7-6-12-4-2-3-5-13(12)14(18)10-22-16-9-19-17(8-15(16)21)23-20(24)11-26-19/h2-9,22H,10-11H2,1H3,(H,23,24). The van der Waals surface area contributed by atoms with Crippen LogP contribution in [0, 0.1) is 0 Å². The summed E-state index contributed by atoms with van der Waals surface area (Å²) in [6, 6.07) is 15.7. The average Bonchev–Trinajstić information content (AvgIpc) is 2.66. The van der Waals surface area contributed by atoms with Gasteiger partial charge < -0.3 is 20.1 Å². The molecule has 0 atom stereocenters. The lowest BCUT2D eigenvalue weighted by atomic mass is 10.0. The number of fused-ring (bicyclic) bond motifs is 2. The Labute approximate surface area is 155 Å². The van der Waals surface area contributed by atoms with E-state index < -0.39 is 0 Å². The van der Waals surface area contributed by atoms with E-state index in [4.69, 9.17) is 21.1 Å². The maximum absolute atomic E-state index is 11.4. The summed E-state index contributed by atoms with van der Waals surface area (Å²) in [6.45, 7) is 0.542. The number of carbonyl (C=O) groups excluding carboxylic acids is 1. The number of hydrogen-bond acceptors (Lipinski definition) is 4. The highest BCUT2D eigenvalue weighted by molar-refractivity contribution is 6.33. The first-order valence-corrected chi connectivity index (χ1v) is 8.58. The zero-order valence-electron chi connectivity index (χ0n) is 14.1. The van der Waals surface area contributed by atoms with Crippen LogP contribution in [-0.4, -0.2) is 19.6 Å². The number of benzene rings is 3. The number of ether oxygens (including phenoxy) is 2. The lowest BCUT2D eigenvalue weighted by Gasteiger charge is -2.20. The van der Waals surface area contributed by atoms with Crippen LogP contribution in [-0.2, 0) is 11.3 Å². The monoisotopic (exact) mass is 368 g/mol. The van der Waals surface area contributed by atoms with E-state index >= 15 is 0 Å². The summed E-state index contributed by atoms with van der Waals surface area (Å²) in [5.74, 6) is 1.23. The number of carbonyl (C=O) groups is 1. The van der Waals surface area contributed by atoms with Crippen LogP contribution in [0.4, 0.5) is 11.4 Å². The van der Waals surface area contributed by atoms with E-state index in [2.05, 4.69) is 22.8 Å². The van der Waals surface area contributed by atoms with Gasteiger partial charge in [0.15, 0.2) is 6.61 Å². The summed E-state index contributed by atoms with van der Waals surface area (Å²) in [4.78, 5) is 11.4. The van der Waals surface area contributed by atoms with Crippen LogP contribution in [0.3, 0.4) is 0 Å². The number of anilines is 2. The van der Waals surface area contributed by atoms with Crippen molar-refractivity contribution in [2.24, 2.45) is 0 Å². The largest absolute Gasteiger partial charge is 0.496 e. The van der Waals surface area contributed by atoms with Gasteiger partial charge in [0.05, 0.1) is 23.5 Å². The topological polar surface area (TPSA) is 59.6 Å². The molecule has 3 aromatic carbocycles. The zero-order chi connectivity index (χ0) is 18.1. The third-order valence-corrected chi connectivity index (χ3v) is 4.69. The lowest BCUT2D eigenvalue weighted by Crippen LogP contribution is -2.25. The van der Waals surface area contributed by atoms with Crippen molar-refractivity contribution < 1.29 is 14.3 Å². The van der Waals surface area contributed by atoms with Crippen molar-refractivity contribution in [2.75, 3.05) is 24.4 Å². The summed E-state index contributed by atoms with van der Waals surface area (Å²) in [6.07, 6.45) is 0. The second-order valence-electron chi connectivity index (χ2n) is 5.99. The van der Waals surface area contributed by atoms with Crippen molar-refractivity contribution >= 4 is 39.7 Å². The second kappa shape index (κ2) is 6.77. The fourth-order valence-corrected chi connectivity index (χ4v) is 3.34. The molecule has 0 bridgehead atoms. The van der Waals surface area contributed by atoms with Crippen LogP contribution >= 0.6 is 11.6 Å².